The maximum Gasteiger partial charge on any atom is 0.251 e. The number of carbonyl (C=O) groups is 1. The van der Waals surface area contributed by atoms with Gasteiger partial charge in [0, 0.05) is 30.7 Å². The fraction of sp³-hybridized carbons (Fsp3) is 0.118. The minimum atomic E-state index is -0.431. The van der Waals surface area contributed by atoms with Gasteiger partial charge in [-0.05, 0) is 36.8 Å². The monoisotopic (exact) mass is 310 g/mol. The van der Waals surface area contributed by atoms with Crippen molar-refractivity contribution in [2.24, 2.45) is 0 Å². The maximum absolute atomic E-state index is 13.1. The molecule has 2 aromatic heterocycles. The van der Waals surface area contributed by atoms with E-state index in [1.54, 1.807) is 18.5 Å². The van der Waals surface area contributed by atoms with Crippen LogP contribution >= 0.6 is 0 Å². The van der Waals surface area contributed by atoms with Crippen LogP contribution in [-0.2, 0) is 6.54 Å². The summed E-state index contributed by atoms with van der Waals surface area (Å²) in [5.41, 5.74) is 1.15. The van der Waals surface area contributed by atoms with Crippen LogP contribution in [0.15, 0.2) is 55.0 Å². The molecule has 1 aromatic carbocycles. The number of hydrogen-bond donors (Lipinski definition) is 1. The van der Waals surface area contributed by atoms with Crippen LogP contribution in [0.25, 0.3) is 5.82 Å². The molecule has 1 amide bonds. The summed E-state index contributed by atoms with van der Waals surface area (Å²) in [7, 11) is 0. The van der Waals surface area contributed by atoms with Crippen LogP contribution in [0.5, 0.6) is 0 Å². The average Bonchev–Trinajstić information content (AvgIpc) is 2.99. The molecule has 0 saturated heterocycles. The first-order valence-electron chi connectivity index (χ1n) is 7.12. The first kappa shape index (κ1) is 14.9. The van der Waals surface area contributed by atoms with Crippen molar-refractivity contribution in [3.05, 3.63) is 77.8 Å². The minimum Gasteiger partial charge on any atom is -0.348 e. The van der Waals surface area contributed by atoms with Gasteiger partial charge in [0.15, 0.2) is 0 Å². The first-order valence-corrected chi connectivity index (χ1v) is 7.12. The molecule has 0 fully saturated rings. The smallest absolute Gasteiger partial charge is 0.251 e. The summed E-state index contributed by atoms with van der Waals surface area (Å²) >= 11 is 0. The second kappa shape index (κ2) is 6.39. The van der Waals surface area contributed by atoms with Crippen LogP contribution < -0.4 is 5.32 Å². The zero-order valence-corrected chi connectivity index (χ0v) is 12.5. The molecule has 0 unspecified atom stereocenters. The highest BCUT2D eigenvalue weighted by Gasteiger charge is 2.07. The van der Waals surface area contributed by atoms with E-state index in [9.17, 15) is 9.18 Å². The van der Waals surface area contributed by atoms with Crippen molar-refractivity contribution in [3.8, 4) is 5.82 Å². The molecule has 23 heavy (non-hydrogen) atoms. The number of nitrogens with zero attached hydrogens (tertiary/aromatic N) is 3. The number of amides is 1. The molecule has 0 saturated carbocycles. The Morgan fingerprint density at radius 1 is 1.26 bits per heavy atom. The molecule has 0 aliphatic carbocycles. The summed E-state index contributed by atoms with van der Waals surface area (Å²) in [5, 5.41) is 2.74. The zero-order chi connectivity index (χ0) is 16.2. The number of nitrogens with one attached hydrogen (secondary N) is 1. The Hall–Kier alpha value is -3.02. The highest BCUT2D eigenvalue weighted by atomic mass is 19.1. The molecule has 5 nitrogen and oxygen atoms in total. The van der Waals surface area contributed by atoms with E-state index in [1.807, 2.05) is 29.8 Å². The van der Waals surface area contributed by atoms with Gasteiger partial charge in [-0.2, -0.15) is 0 Å². The Morgan fingerprint density at radius 2 is 2.13 bits per heavy atom. The fourth-order valence-electron chi connectivity index (χ4n) is 2.20. The van der Waals surface area contributed by atoms with E-state index in [4.69, 9.17) is 0 Å². The number of benzene rings is 1. The molecule has 0 aliphatic rings. The van der Waals surface area contributed by atoms with Gasteiger partial charge in [-0.15, -0.1) is 0 Å². The van der Waals surface area contributed by atoms with Gasteiger partial charge in [0.1, 0.15) is 17.5 Å². The van der Waals surface area contributed by atoms with Crippen LogP contribution in [0, 0.1) is 12.7 Å². The molecule has 3 aromatic rings. The quantitative estimate of drug-likeness (QED) is 0.806. The topological polar surface area (TPSA) is 59.8 Å². The van der Waals surface area contributed by atoms with Gasteiger partial charge < -0.3 is 5.32 Å². The summed E-state index contributed by atoms with van der Waals surface area (Å²) in [4.78, 5) is 20.5. The zero-order valence-electron chi connectivity index (χ0n) is 12.5. The van der Waals surface area contributed by atoms with Crippen LogP contribution in [0.1, 0.15) is 21.7 Å². The molecule has 0 radical (unpaired) electrons. The lowest BCUT2D eigenvalue weighted by Gasteiger charge is -2.07. The average molecular weight is 310 g/mol. The third kappa shape index (κ3) is 3.42. The molecular formula is C17H15FN4O. The highest BCUT2D eigenvalue weighted by molar-refractivity contribution is 5.94. The van der Waals surface area contributed by atoms with Crippen LogP contribution in [-0.4, -0.2) is 20.4 Å². The van der Waals surface area contributed by atoms with Gasteiger partial charge in [0.2, 0.25) is 0 Å². The lowest BCUT2D eigenvalue weighted by atomic mass is 10.2. The standard InChI is InChI=1S/C17H15FN4O/c1-12-19-7-8-22(12)16-6-5-13(10-20-16)11-21-17(23)14-3-2-4-15(18)9-14/h2-10H,11H2,1H3,(H,21,23). The first-order chi connectivity index (χ1) is 11.1. The molecule has 0 bridgehead atoms. The maximum atomic E-state index is 13.1. The number of aryl methyl sites for hydroxylation is 1. The van der Waals surface area contributed by atoms with E-state index < -0.39 is 5.82 Å². The lowest BCUT2D eigenvalue weighted by molar-refractivity contribution is 0.0950. The summed E-state index contributed by atoms with van der Waals surface area (Å²) in [6, 6.07) is 9.33. The number of hydrogen-bond acceptors (Lipinski definition) is 3. The molecule has 0 spiro atoms. The molecule has 2 heterocycles. The Bertz CT molecular complexity index is 827. The number of pyridine rings is 1. The number of aromatic nitrogens is 3. The largest absolute Gasteiger partial charge is 0.348 e. The predicted octanol–water partition coefficient (Wildman–Crippen LogP) is 2.64. The van der Waals surface area contributed by atoms with Crippen molar-refractivity contribution in [1.29, 1.82) is 0 Å². The number of rotatable bonds is 4. The van der Waals surface area contributed by atoms with Gasteiger partial charge in [0.05, 0.1) is 0 Å². The highest BCUT2D eigenvalue weighted by Crippen LogP contribution is 2.09. The van der Waals surface area contributed by atoms with Crippen LogP contribution in [0.3, 0.4) is 0 Å². The van der Waals surface area contributed by atoms with E-state index in [-0.39, 0.29) is 5.91 Å². The SMILES string of the molecule is Cc1nccn1-c1ccc(CNC(=O)c2cccc(F)c2)cn1. The van der Waals surface area contributed by atoms with Gasteiger partial charge in [-0.25, -0.2) is 14.4 Å². The number of carbonyl (C=O) groups excluding carboxylic acids is 1. The summed E-state index contributed by atoms with van der Waals surface area (Å²) in [6.45, 7) is 2.22. The van der Waals surface area contributed by atoms with Gasteiger partial charge in [-0.1, -0.05) is 12.1 Å². The van der Waals surface area contributed by atoms with Crippen molar-refractivity contribution in [2.75, 3.05) is 0 Å². The van der Waals surface area contributed by atoms with Crippen LogP contribution in [0.2, 0.25) is 0 Å². The summed E-state index contributed by atoms with van der Waals surface area (Å²) in [6.07, 6.45) is 5.24. The van der Waals surface area contributed by atoms with Crippen molar-refractivity contribution >= 4 is 5.91 Å². The van der Waals surface area contributed by atoms with Gasteiger partial charge in [-0.3, -0.25) is 9.36 Å². The normalized spacial score (nSPS) is 10.5. The lowest BCUT2D eigenvalue weighted by Crippen LogP contribution is -2.23. The fourth-order valence-corrected chi connectivity index (χ4v) is 2.20. The Morgan fingerprint density at radius 3 is 2.78 bits per heavy atom. The van der Waals surface area contributed by atoms with Crippen molar-refractivity contribution in [1.82, 2.24) is 19.9 Å². The molecule has 3 rings (SSSR count). The Kier molecular flexibility index (Phi) is 4.14. The summed E-state index contributed by atoms with van der Waals surface area (Å²) < 4.78 is 15.0. The number of imidazole rings is 1. The van der Waals surface area contributed by atoms with Crippen LogP contribution in [0.4, 0.5) is 4.39 Å². The van der Waals surface area contributed by atoms with Gasteiger partial charge >= 0.3 is 0 Å². The van der Waals surface area contributed by atoms with E-state index >= 15 is 0 Å². The molecule has 0 aliphatic heterocycles. The van der Waals surface area contributed by atoms with Crippen molar-refractivity contribution < 1.29 is 9.18 Å². The van der Waals surface area contributed by atoms with E-state index in [0.29, 0.717) is 12.1 Å². The second-order valence-corrected chi connectivity index (χ2v) is 5.06. The molecule has 6 heteroatoms. The van der Waals surface area contributed by atoms with Gasteiger partial charge in [0.25, 0.3) is 5.91 Å². The third-order valence-corrected chi connectivity index (χ3v) is 3.42. The molecule has 116 valence electrons. The predicted molar refractivity (Wildman–Crippen MR) is 83.7 cm³/mol. The minimum absolute atomic E-state index is 0.295. The Balaban J connectivity index is 1.65. The molecule has 0 atom stereocenters. The van der Waals surface area contributed by atoms with E-state index in [1.165, 1.54) is 18.2 Å². The molecule has 1 N–H and O–H groups in total. The third-order valence-electron chi connectivity index (χ3n) is 3.42. The Labute approximate surface area is 132 Å². The van der Waals surface area contributed by atoms with Crippen molar-refractivity contribution in [3.63, 3.8) is 0 Å². The molecular weight excluding hydrogens is 295 g/mol. The summed E-state index contributed by atoms with van der Waals surface area (Å²) in [5.74, 6) is 0.864. The number of halogens is 1. The van der Waals surface area contributed by atoms with E-state index in [0.717, 1.165) is 17.2 Å². The van der Waals surface area contributed by atoms with E-state index in [2.05, 4.69) is 15.3 Å². The second-order valence-electron chi connectivity index (χ2n) is 5.06. The van der Waals surface area contributed by atoms with Crippen molar-refractivity contribution in [2.45, 2.75) is 13.5 Å².